The minimum atomic E-state index is -0.680. The highest BCUT2D eigenvalue weighted by Crippen LogP contribution is 2.33. The molecular formula is C22H27N3O5. The van der Waals surface area contributed by atoms with Crippen LogP contribution in [0.3, 0.4) is 0 Å². The Morgan fingerprint density at radius 1 is 1.13 bits per heavy atom. The summed E-state index contributed by atoms with van der Waals surface area (Å²) in [6.45, 7) is 2.93. The Morgan fingerprint density at radius 2 is 1.90 bits per heavy atom. The van der Waals surface area contributed by atoms with E-state index >= 15 is 0 Å². The van der Waals surface area contributed by atoms with E-state index in [9.17, 15) is 9.59 Å². The fourth-order valence-corrected chi connectivity index (χ4v) is 3.24. The van der Waals surface area contributed by atoms with E-state index in [1.807, 2.05) is 30.0 Å². The van der Waals surface area contributed by atoms with Gasteiger partial charge in [-0.05, 0) is 30.7 Å². The highest BCUT2D eigenvalue weighted by atomic mass is 16.5. The van der Waals surface area contributed by atoms with E-state index in [-0.39, 0.29) is 24.9 Å². The Labute approximate surface area is 176 Å². The zero-order chi connectivity index (χ0) is 21.5. The second kappa shape index (κ2) is 9.87. The van der Waals surface area contributed by atoms with Crippen LogP contribution in [0.25, 0.3) is 0 Å². The van der Waals surface area contributed by atoms with E-state index in [4.69, 9.17) is 14.2 Å². The Balaban J connectivity index is 1.72. The average Bonchev–Trinajstić information content (AvgIpc) is 2.77. The average molecular weight is 413 g/mol. The standard InChI is InChI=1S/C22H27N3O5/c1-4-11-23-22(27)20-13-25(16-7-5-6-8-17(16)30-20)14-21(26)24-15-9-10-18(28-2)19(12-15)29-3/h5-10,12,20H,4,11,13-14H2,1-3H3,(H,23,27)(H,24,26)/t20-/m1/s1. The second-order valence-electron chi connectivity index (χ2n) is 6.86. The fourth-order valence-electron chi connectivity index (χ4n) is 3.24. The molecule has 0 aliphatic carbocycles. The molecule has 160 valence electrons. The van der Waals surface area contributed by atoms with Crippen molar-refractivity contribution < 1.29 is 23.8 Å². The number of hydrogen-bond acceptors (Lipinski definition) is 6. The van der Waals surface area contributed by atoms with Crippen LogP contribution in [-0.4, -0.2) is 51.8 Å². The van der Waals surface area contributed by atoms with Crippen molar-refractivity contribution in [3.05, 3.63) is 42.5 Å². The van der Waals surface area contributed by atoms with E-state index in [1.165, 1.54) is 7.11 Å². The highest BCUT2D eigenvalue weighted by Gasteiger charge is 2.31. The first-order chi connectivity index (χ1) is 14.5. The van der Waals surface area contributed by atoms with Crippen LogP contribution in [-0.2, 0) is 9.59 Å². The molecule has 1 heterocycles. The molecule has 0 spiro atoms. The maximum Gasteiger partial charge on any atom is 0.262 e. The molecule has 0 fully saturated rings. The van der Waals surface area contributed by atoms with E-state index in [1.54, 1.807) is 31.4 Å². The van der Waals surface area contributed by atoms with Crippen LogP contribution in [0, 0.1) is 0 Å². The van der Waals surface area contributed by atoms with Crippen molar-refractivity contribution in [1.82, 2.24) is 5.32 Å². The molecule has 0 saturated carbocycles. The Hall–Kier alpha value is -3.42. The van der Waals surface area contributed by atoms with E-state index in [0.29, 0.717) is 29.5 Å². The quantitative estimate of drug-likeness (QED) is 0.691. The topological polar surface area (TPSA) is 89.1 Å². The molecule has 1 aliphatic rings. The van der Waals surface area contributed by atoms with Crippen LogP contribution in [0.15, 0.2) is 42.5 Å². The van der Waals surface area contributed by atoms with Crippen molar-refractivity contribution in [2.75, 3.05) is 44.1 Å². The summed E-state index contributed by atoms with van der Waals surface area (Å²) >= 11 is 0. The van der Waals surface area contributed by atoms with Crippen molar-refractivity contribution in [2.24, 2.45) is 0 Å². The van der Waals surface area contributed by atoms with Gasteiger partial charge in [-0.25, -0.2) is 0 Å². The van der Waals surface area contributed by atoms with Gasteiger partial charge in [0.15, 0.2) is 17.6 Å². The summed E-state index contributed by atoms with van der Waals surface area (Å²) in [7, 11) is 3.09. The largest absolute Gasteiger partial charge is 0.493 e. The lowest BCUT2D eigenvalue weighted by Crippen LogP contribution is -2.50. The van der Waals surface area contributed by atoms with E-state index in [2.05, 4.69) is 10.6 Å². The van der Waals surface area contributed by atoms with Crippen molar-refractivity contribution in [1.29, 1.82) is 0 Å². The highest BCUT2D eigenvalue weighted by molar-refractivity contribution is 5.95. The van der Waals surface area contributed by atoms with Gasteiger partial charge in [-0.3, -0.25) is 9.59 Å². The first-order valence-corrected chi connectivity index (χ1v) is 9.86. The molecule has 0 radical (unpaired) electrons. The third-order valence-electron chi connectivity index (χ3n) is 4.70. The molecule has 0 aromatic heterocycles. The molecule has 2 aromatic carbocycles. The number of carbonyl (C=O) groups is 2. The van der Waals surface area contributed by atoms with Gasteiger partial charge in [0.2, 0.25) is 5.91 Å². The fraction of sp³-hybridized carbons (Fsp3) is 0.364. The third-order valence-corrected chi connectivity index (χ3v) is 4.70. The molecular weight excluding hydrogens is 386 g/mol. The molecule has 8 nitrogen and oxygen atoms in total. The molecule has 8 heteroatoms. The number of methoxy groups -OCH3 is 2. The van der Waals surface area contributed by atoms with Crippen LogP contribution in [0.4, 0.5) is 11.4 Å². The molecule has 2 N–H and O–H groups in total. The van der Waals surface area contributed by atoms with Crippen LogP contribution in [0.2, 0.25) is 0 Å². The van der Waals surface area contributed by atoms with Crippen molar-refractivity contribution >= 4 is 23.2 Å². The minimum absolute atomic E-state index is 0.0757. The first-order valence-electron chi connectivity index (χ1n) is 9.86. The maximum absolute atomic E-state index is 12.7. The van der Waals surface area contributed by atoms with Gasteiger partial charge < -0.3 is 29.7 Å². The lowest BCUT2D eigenvalue weighted by Gasteiger charge is -2.35. The second-order valence-corrected chi connectivity index (χ2v) is 6.86. The lowest BCUT2D eigenvalue weighted by molar-refractivity contribution is -0.128. The molecule has 1 atom stereocenters. The molecule has 1 aliphatic heterocycles. The molecule has 2 aromatic rings. The molecule has 2 amide bonds. The SMILES string of the molecule is CCCNC(=O)[C@H]1CN(CC(=O)Nc2ccc(OC)c(OC)c2)c2ccccc2O1. The number of nitrogens with one attached hydrogen (secondary N) is 2. The van der Waals surface area contributed by atoms with Crippen molar-refractivity contribution in [3.63, 3.8) is 0 Å². The Kier molecular flexibility index (Phi) is 7.00. The Bertz CT molecular complexity index is 902. The van der Waals surface area contributed by atoms with Gasteiger partial charge in [-0.15, -0.1) is 0 Å². The van der Waals surface area contributed by atoms with Gasteiger partial charge in [0, 0.05) is 18.3 Å². The third kappa shape index (κ3) is 4.94. The predicted octanol–water partition coefficient (Wildman–Crippen LogP) is 2.44. The Morgan fingerprint density at radius 3 is 2.63 bits per heavy atom. The number of anilines is 2. The van der Waals surface area contributed by atoms with Crippen LogP contribution in [0.5, 0.6) is 17.2 Å². The zero-order valence-corrected chi connectivity index (χ0v) is 17.4. The van der Waals surface area contributed by atoms with E-state index < -0.39 is 6.10 Å². The van der Waals surface area contributed by atoms with Gasteiger partial charge in [-0.1, -0.05) is 19.1 Å². The number of amides is 2. The number of rotatable bonds is 8. The van der Waals surface area contributed by atoms with Gasteiger partial charge in [0.1, 0.15) is 5.75 Å². The monoisotopic (exact) mass is 413 g/mol. The smallest absolute Gasteiger partial charge is 0.262 e. The van der Waals surface area contributed by atoms with E-state index in [0.717, 1.165) is 12.1 Å². The van der Waals surface area contributed by atoms with Crippen LogP contribution >= 0.6 is 0 Å². The number of carbonyl (C=O) groups excluding carboxylic acids is 2. The number of nitrogens with zero attached hydrogens (tertiary/aromatic N) is 1. The van der Waals surface area contributed by atoms with Gasteiger partial charge in [-0.2, -0.15) is 0 Å². The first kappa shape index (κ1) is 21.3. The van der Waals surface area contributed by atoms with Crippen molar-refractivity contribution in [2.45, 2.75) is 19.4 Å². The van der Waals surface area contributed by atoms with Crippen LogP contribution in [0.1, 0.15) is 13.3 Å². The van der Waals surface area contributed by atoms with Crippen molar-refractivity contribution in [3.8, 4) is 17.2 Å². The molecule has 0 saturated heterocycles. The molecule has 3 rings (SSSR count). The summed E-state index contributed by atoms with van der Waals surface area (Å²) in [4.78, 5) is 27.0. The summed E-state index contributed by atoms with van der Waals surface area (Å²) in [5.41, 5.74) is 1.37. The summed E-state index contributed by atoms with van der Waals surface area (Å²) in [6.07, 6.45) is 0.160. The van der Waals surface area contributed by atoms with Crippen LogP contribution < -0.4 is 29.7 Å². The summed E-state index contributed by atoms with van der Waals surface area (Å²) in [6, 6.07) is 12.6. The van der Waals surface area contributed by atoms with Gasteiger partial charge >= 0.3 is 0 Å². The number of fused-ring (bicyclic) bond motifs is 1. The number of para-hydroxylation sites is 2. The number of ether oxygens (including phenoxy) is 3. The number of benzene rings is 2. The normalized spacial score (nSPS) is 14.9. The summed E-state index contributed by atoms with van der Waals surface area (Å²) in [5, 5.41) is 5.72. The summed E-state index contributed by atoms with van der Waals surface area (Å²) < 4.78 is 16.4. The summed E-state index contributed by atoms with van der Waals surface area (Å²) in [5.74, 6) is 1.29. The lowest BCUT2D eigenvalue weighted by atomic mass is 10.1. The van der Waals surface area contributed by atoms with Gasteiger partial charge in [0.05, 0.1) is 33.0 Å². The predicted molar refractivity (Wildman–Crippen MR) is 115 cm³/mol. The maximum atomic E-state index is 12.7. The zero-order valence-electron chi connectivity index (χ0n) is 17.4. The molecule has 30 heavy (non-hydrogen) atoms. The number of hydrogen-bond donors (Lipinski definition) is 2. The van der Waals surface area contributed by atoms with Gasteiger partial charge in [0.25, 0.3) is 5.91 Å². The minimum Gasteiger partial charge on any atom is -0.493 e. The molecule has 0 bridgehead atoms. The molecule has 0 unspecified atom stereocenters.